The van der Waals surface area contributed by atoms with Gasteiger partial charge in [-0.15, -0.1) is 0 Å². The van der Waals surface area contributed by atoms with Crippen molar-refractivity contribution < 1.29 is 5.11 Å². The lowest BCUT2D eigenvalue weighted by Gasteiger charge is -2.05. The Morgan fingerprint density at radius 1 is 1.00 bits per heavy atom. The first kappa shape index (κ1) is 12.1. The highest BCUT2D eigenvalue weighted by Crippen LogP contribution is 2.32. The maximum Gasteiger partial charge on any atom is 0.203 e. The molecular formula is C18H16N2O. The van der Waals surface area contributed by atoms with Crippen molar-refractivity contribution in [2.45, 2.75) is 6.92 Å². The Bertz CT molecular complexity index is 976. The lowest BCUT2D eigenvalue weighted by molar-refractivity contribution is 0.448. The van der Waals surface area contributed by atoms with E-state index >= 15 is 0 Å². The molecule has 0 radical (unpaired) electrons. The summed E-state index contributed by atoms with van der Waals surface area (Å²) in [5.74, 6) is 0.295. The van der Waals surface area contributed by atoms with Gasteiger partial charge in [0.15, 0.2) is 0 Å². The molecule has 0 spiro atoms. The number of aromatic hydroxyl groups is 1. The Morgan fingerprint density at radius 3 is 2.67 bits per heavy atom. The van der Waals surface area contributed by atoms with Gasteiger partial charge in [-0.25, -0.2) is 0 Å². The number of aromatic nitrogens is 2. The molecule has 0 atom stereocenters. The van der Waals surface area contributed by atoms with E-state index in [2.05, 4.69) is 35.8 Å². The highest BCUT2D eigenvalue weighted by Gasteiger charge is 2.11. The van der Waals surface area contributed by atoms with E-state index in [0.717, 1.165) is 16.5 Å². The average Bonchev–Trinajstić information content (AvgIpc) is 3.02. The Kier molecular flexibility index (Phi) is 2.39. The Hall–Kier alpha value is -2.68. The van der Waals surface area contributed by atoms with E-state index in [1.165, 1.54) is 16.5 Å². The van der Waals surface area contributed by atoms with Gasteiger partial charge >= 0.3 is 0 Å². The van der Waals surface area contributed by atoms with Gasteiger partial charge in [-0.2, -0.15) is 0 Å². The first-order chi connectivity index (χ1) is 10.1. The summed E-state index contributed by atoms with van der Waals surface area (Å²) in [7, 11) is 2.03. The molecule has 0 saturated heterocycles. The Labute approximate surface area is 122 Å². The number of fused-ring (bicyclic) bond motifs is 2. The number of nitrogens with zero attached hydrogens (tertiary/aromatic N) is 2. The minimum Gasteiger partial charge on any atom is -0.494 e. The van der Waals surface area contributed by atoms with E-state index in [1.807, 2.05) is 42.2 Å². The average molecular weight is 276 g/mol. The highest BCUT2D eigenvalue weighted by molar-refractivity contribution is 5.92. The van der Waals surface area contributed by atoms with Crippen LogP contribution in [0.2, 0.25) is 0 Å². The number of rotatable bonds is 1. The van der Waals surface area contributed by atoms with Crippen LogP contribution < -0.4 is 0 Å². The van der Waals surface area contributed by atoms with Gasteiger partial charge in [0.05, 0.1) is 0 Å². The minimum atomic E-state index is 0.295. The predicted octanol–water partition coefficient (Wildman–Crippen LogP) is 4.14. The number of hydrogen-bond donors (Lipinski definition) is 1. The van der Waals surface area contributed by atoms with Gasteiger partial charge in [0.1, 0.15) is 0 Å². The maximum absolute atomic E-state index is 10.5. The van der Waals surface area contributed by atoms with Crippen LogP contribution in [0.15, 0.2) is 54.9 Å². The monoisotopic (exact) mass is 276 g/mol. The molecule has 3 nitrogen and oxygen atoms in total. The molecule has 4 rings (SSSR count). The normalized spacial score (nSPS) is 11.5. The van der Waals surface area contributed by atoms with Crippen LogP contribution in [-0.2, 0) is 7.05 Å². The second kappa shape index (κ2) is 4.16. The Balaban J connectivity index is 1.99. The van der Waals surface area contributed by atoms with Crippen LogP contribution in [0.25, 0.3) is 27.4 Å². The second-order valence-corrected chi connectivity index (χ2v) is 5.53. The van der Waals surface area contributed by atoms with Gasteiger partial charge in [0.2, 0.25) is 5.88 Å². The van der Waals surface area contributed by atoms with Gasteiger partial charge in [0.25, 0.3) is 0 Å². The molecule has 0 amide bonds. The van der Waals surface area contributed by atoms with Crippen molar-refractivity contribution in [2.75, 3.05) is 0 Å². The zero-order valence-corrected chi connectivity index (χ0v) is 12.0. The zero-order valence-electron chi connectivity index (χ0n) is 12.0. The number of benzene rings is 2. The van der Waals surface area contributed by atoms with E-state index in [1.54, 1.807) is 0 Å². The lowest BCUT2D eigenvalue weighted by atomic mass is 10.1. The van der Waals surface area contributed by atoms with Gasteiger partial charge < -0.3 is 9.67 Å². The molecule has 2 heterocycles. The quantitative estimate of drug-likeness (QED) is 0.556. The summed E-state index contributed by atoms with van der Waals surface area (Å²) in [5, 5.41) is 13.7. The first-order valence-corrected chi connectivity index (χ1v) is 7.00. The fourth-order valence-electron chi connectivity index (χ4n) is 2.98. The van der Waals surface area contributed by atoms with Gasteiger partial charge in [-0.1, -0.05) is 12.1 Å². The molecule has 1 N–H and O–H groups in total. The molecule has 104 valence electrons. The van der Waals surface area contributed by atoms with E-state index in [0.29, 0.717) is 5.88 Å². The van der Waals surface area contributed by atoms with E-state index < -0.39 is 0 Å². The van der Waals surface area contributed by atoms with Crippen LogP contribution >= 0.6 is 0 Å². The molecule has 0 bridgehead atoms. The van der Waals surface area contributed by atoms with Crippen LogP contribution in [-0.4, -0.2) is 14.2 Å². The van der Waals surface area contributed by atoms with Crippen LogP contribution in [0.1, 0.15) is 5.56 Å². The summed E-state index contributed by atoms with van der Waals surface area (Å²) in [6.45, 7) is 2.06. The molecule has 0 aliphatic heterocycles. The van der Waals surface area contributed by atoms with Crippen molar-refractivity contribution in [2.24, 2.45) is 7.05 Å². The molecule has 21 heavy (non-hydrogen) atoms. The van der Waals surface area contributed by atoms with Crippen LogP contribution in [0.5, 0.6) is 5.88 Å². The van der Waals surface area contributed by atoms with Gasteiger partial charge in [-0.3, -0.25) is 4.57 Å². The minimum absolute atomic E-state index is 0.295. The van der Waals surface area contributed by atoms with Gasteiger partial charge in [0, 0.05) is 46.8 Å². The molecule has 0 unspecified atom stereocenters. The second-order valence-electron chi connectivity index (χ2n) is 5.53. The summed E-state index contributed by atoms with van der Waals surface area (Å²) >= 11 is 0. The molecule has 4 aromatic rings. The van der Waals surface area contributed by atoms with Crippen molar-refractivity contribution >= 4 is 21.7 Å². The van der Waals surface area contributed by atoms with Crippen molar-refractivity contribution in [3.63, 3.8) is 0 Å². The number of aryl methyl sites for hydroxylation is 2. The van der Waals surface area contributed by atoms with Crippen LogP contribution in [0.3, 0.4) is 0 Å². The molecule has 2 aromatic heterocycles. The van der Waals surface area contributed by atoms with Crippen molar-refractivity contribution in [1.82, 2.24) is 9.13 Å². The van der Waals surface area contributed by atoms with Crippen LogP contribution in [0.4, 0.5) is 0 Å². The topological polar surface area (TPSA) is 30.1 Å². The highest BCUT2D eigenvalue weighted by atomic mass is 16.3. The summed E-state index contributed by atoms with van der Waals surface area (Å²) in [6.07, 6.45) is 4.05. The first-order valence-electron chi connectivity index (χ1n) is 7.00. The lowest BCUT2D eigenvalue weighted by Crippen LogP contribution is -1.91. The van der Waals surface area contributed by atoms with E-state index in [9.17, 15) is 5.11 Å². The molecule has 0 saturated carbocycles. The maximum atomic E-state index is 10.5. The van der Waals surface area contributed by atoms with E-state index in [4.69, 9.17) is 0 Å². The largest absolute Gasteiger partial charge is 0.494 e. The molecule has 3 heteroatoms. The zero-order chi connectivity index (χ0) is 14.6. The fraction of sp³-hybridized carbons (Fsp3) is 0.111. The molecule has 0 fully saturated rings. The van der Waals surface area contributed by atoms with Crippen molar-refractivity contribution in [1.29, 1.82) is 0 Å². The third-order valence-electron chi connectivity index (χ3n) is 4.20. The van der Waals surface area contributed by atoms with Crippen molar-refractivity contribution in [3.05, 3.63) is 60.4 Å². The van der Waals surface area contributed by atoms with Crippen LogP contribution in [0, 0.1) is 6.92 Å². The molecule has 0 aliphatic rings. The third kappa shape index (κ3) is 1.67. The smallest absolute Gasteiger partial charge is 0.203 e. The summed E-state index contributed by atoms with van der Waals surface area (Å²) in [6, 6.07) is 14.3. The SMILES string of the molecule is Cc1cccc2c(O)n(-c3ccc4c(ccn4C)c3)cc12. The fourth-order valence-corrected chi connectivity index (χ4v) is 2.98. The standard InChI is InChI=1S/C18H16N2O/c1-12-4-3-5-15-16(12)11-20(18(15)21)14-6-7-17-13(10-14)8-9-19(17)2/h3-11,21H,1-2H3. The molecule has 0 aliphatic carbocycles. The number of hydrogen-bond acceptors (Lipinski definition) is 1. The Morgan fingerprint density at radius 2 is 1.86 bits per heavy atom. The van der Waals surface area contributed by atoms with E-state index in [-0.39, 0.29) is 0 Å². The third-order valence-corrected chi connectivity index (χ3v) is 4.20. The summed E-state index contributed by atoms with van der Waals surface area (Å²) in [4.78, 5) is 0. The summed E-state index contributed by atoms with van der Waals surface area (Å²) < 4.78 is 3.94. The molecular weight excluding hydrogens is 260 g/mol. The molecule has 2 aromatic carbocycles. The summed E-state index contributed by atoms with van der Waals surface area (Å²) in [5.41, 5.74) is 3.33. The predicted molar refractivity (Wildman–Crippen MR) is 86.2 cm³/mol. The van der Waals surface area contributed by atoms with Gasteiger partial charge in [-0.05, 0) is 42.8 Å². The van der Waals surface area contributed by atoms with Crippen molar-refractivity contribution in [3.8, 4) is 11.6 Å².